The van der Waals surface area contributed by atoms with E-state index in [1.807, 2.05) is 0 Å². The first-order valence-corrected chi connectivity index (χ1v) is 9.22. The summed E-state index contributed by atoms with van der Waals surface area (Å²) in [5.41, 5.74) is -0.773. The summed E-state index contributed by atoms with van der Waals surface area (Å²) in [6.07, 6.45) is 7.84. The van der Waals surface area contributed by atoms with E-state index in [1.165, 1.54) is 0 Å². The van der Waals surface area contributed by atoms with Gasteiger partial charge in [-0.1, -0.05) is 13.8 Å². The van der Waals surface area contributed by atoms with Crippen LogP contribution >= 0.6 is 0 Å². The van der Waals surface area contributed by atoms with Crippen molar-refractivity contribution in [2.75, 3.05) is 0 Å². The summed E-state index contributed by atoms with van der Waals surface area (Å²) in [5, 5.41) is 21.7. The Morgan fingerprint density at radius 1 is 1.00 bits per heavy atom. The lowest BCUT2D eigenvalue weighted by molar-refractivity contribution is -0.205. The summed E-state index contributed by atoms with van der Waals surface area (Å²) >= 11 is 0. The van der Waals surface area contributed by atoms with Crippen molar-refractivity contribution in [1.29, 1.82) is 0 Å². The molecule has 3 nitrogen and oxygen atoms in total. The van der Waals surface area contributed by atoms with Crippen molar-refractivity contribution in [1.82, 2.24) is 0 Å². The molecule has 4 saturated carbocycles. The Bertz CT molecular complexity index is 503. The Balaban J connectivity index is 1.68. The van der Waals surface area contributed by atoms with Crippen LogP contribution in [0.15, 0.2) is 0 Å². The van der Waals surface area contributed by atoms with Gasteiger partial charge in [0.25, 0.3) is 0 Å². The number of rotatable bonds is 0. The zero-order valence-electron chi connectivity index (χ0n) is 14.0. The van der Waals surface area contributed by atoms with E-state index in [1.54, 1.807) is 0 Å². The highest BCUT2D eigenvalue weighted by atomic mass is 16.3. The van der Waals surface area contributed by atoms with Crippen LogP contribution in [0.1, 0.15) is 71.6 Å². The van der Waals surface area contributed by atoms with Crippen molar-refractivity contribution in [2.45, 2.75) is 83.3 Å². The number of carbonyl (C=O) groups excluding carboxylic acids is 1. The third-order valence-electron chi connectivity index (χ3n) is 8.57. The predicted molar refractivity (Wildman–Crippen MR) is 84.2 cm³/mol. The van der Waals surface area contributed by atoms with E-state index in [-0.39, 0.29) is 22.7 Å². The van der Waals surface area contributed by atoms with Crippen molar-refractivity contribution >= 4 is 5.78 Å². The Labute approximate surface area is 133 Å². The van der Waals surface area contributed by atoms with E-state index in [4.69, 9.17) is 0 Å². The highest BCUT2D eigenvalue weighted by Crippen LogP contribution is 2.66. The van der Waals surface area contributed by atoms with E-state index < -0.39 is 5.60 Å². The summed E-state index contributed by atoms with van der Waals surface area (Å²) in [6.45, 7) is 4.55. The molecule has 7 atom stereocenters. The summed E-state index contributed by atoms with van der Waals surface area (Å²) in [5.74, 6) is 2.02. The number of ketones is 1. The summed E-state index contributed by atoms with van der Waals surface area (Å²) in [4.78, 5) is 11.9. The van der Waals surface area contributed by atoms with Crippen LogP contribution in [0.25, 0.3) is 0 Å². The number of aliphatic hydroxyl groups is 2. The maximum Gasteiger partial charge on any atom is 0.135 e. The van der Waals surface area contributed by atoms with Gasteiger partial charge in [-0.25, -0.2) is 0 Å². The molecule has 0 bridgehead atoms. The molecule has 22 heavy (non-hydrogen) atoms. The van der Waals surface area contributed by atoms with Crippen molar-refractivity contribution in [3.8, 4) is 0 Å². The fourth-order valence-electron chi connectivity index (χ4n) is 7.01. The van der Waals surface area contributed by atoms with Crippen molar-refractivity contribution in [2.24, 2.45) is 28.6 Å². The Morgan fingerprint density at radius 2 is 1.77 bits per heavy atom. The van der Waals surface area contributed by atoms with Crippen molar-refractivity contribution < 1.29 is 15.0 Å². The molecular formula is C19H30O3. The van der Waals surface area contributed by atoms with Gasteiger partial charge in [0, 0.05) is 18.3 Å². The van der Waals surface area contributed by atoms with Gasteiger partial charge in [0.1, 0.15) is 5.78 Å². The van der Waals surface area contributed by atoms with Gasteiger partial charge in [0.05, 0.1) is 11.7 Å². The first-order valence-electron chi connectivity index (χ1n) is 9.22. The van der Waals surface area contributed by atoms with Gasteiger partial charge >= 0.3 is 0 Å². The topological polar surface area (TPSA) is 57.5 Å². The van der Waals surface area contributed by atoms with Crippen LogP contribution in [0.5, 0.6) is 0 Å². The molecule has 2 N–H and O–H groups in total. The highest BCUT2D eigenvalue weighted by Gasteiger charge is 2.64. The normalized spacial score (nSPS) is 57.9. The smallest absolute Gasteiger partial charge is 0.135 e. The minimum absolute atomic E-state index is 0.0947. The molecule has 4 aliphatic rings. The van der Waals surface area contributed by atoms with Gasteiger partial charge in [0.15, 0.2) is 0 Å². The molecule has 0 aromatic carbocycles. The van der Waals surface area contributed by atoms with Crippen molar-refractivity contribution in [3.63, 3.8) is 0 Å². The fraction of sp³-hybridized carbons (Fsp3) is 0.947. The molecule has 3 heteroatoms. The van der Waals surface area contributed by atoms with E-state index in [0.29, 0.717) is 30.6 Å². The first kappa shape index (κ1) is 15.1. The molecule has 4 rings (SSSR count). The number of carbonyl (C=O) groups is 1. The van der Waals surface area contributed by atoms with E-state index in [2.05, 4.69) is 13.8 Å². The largest absolute Gasteiger partial charge is 0.393 e. The van der Waals surface area contributed by atoms with Crippen LogP contribution in [0, 0.1) is 28.6 Å². The molecule has 124 valence electrons. The number of fused-ring (bicyclic) bond motifs is 5. The number of Topliss-reactive ketones (excluding diaryl/α,β-unsaturated/α-hetero) is 1. The lowest BCUT2D eigenvalue weighted by Crippen LogP contribution is -2.62. The quantitative estimate of drug-likeness (QED) is 0.723. The minimum atomic E-state index is -0.769. The summed E-state index contributed by atoms with van der Waals surface area (Å²) in [7, 11) is 0. The Hall–Kier alpha value is -0.410. The second kappa shape index (κ2) is 4.57. The zero-order chi connectivity index (χ0) is 15.8. The first-order chi connectivity index (χ1) is 10.3. The van der Waals surface area contributed by atoms with Crippen LogP contribution in [0.3, 0.4) is 0 Å². The maximum absolute atomic E-state index is 11.9. The van der Waals surface area contributed by atoms with E-state index >= 15 is 0 Å². The Morgan fingerprint density at radius 3 is 2.55 bits per heavy atom. The zero-order valence-corrected chi connectivity index (χ0v) is 14.0. The molecular weight excluding hydrogens is 276 g/mol. The molecule has 4 aliphatic carbocycles. The molecule has 0 amide bonds. The molecule has 0 spiro atoms. The fourth-order valence-corrected chi connectivity index (χ4v) is 7.01. The van der Waals surface area contributed by atoms with Gasteiger partial charge in [-0.05, 0) is 68.1 Å². The van der Waals surface area contributed by atoms with Gasteiger partial charge in [-0.15, -0.1) is 0 Å². The molecule has 0 aliphatic heterocycles. The van der Waals surface area contributed by atoms with Crippen molar-refractivity contribution in [3.05, 3.63) is 0 Å². The number of hydrogen-bond donors (Lipinski definition) is 2. The van der Waals surface area contributed by atoms with Gasteiger partial charge in [-0.2, -0.15) is 0 Å². The highest BCUT2D eigenvalue weighted by molar-refractivity contribution is 5.80. The van der Waals surface area contributed by atoms with Crippen LogP contribution in [0.4, 0.5) is 0 Å². The van der Waals surface area contributed by atoms with Gasteiger partial charge in [-0.3, -0.25) is 4.79 Å². The average molecular weight is 306 g/mol. The van der Waals surface area contributed by atoms with E-state index in [0.717, 1.165) is 44.9 Å². The lowest BCUT2D eigenvalue weighted by atomic mass is 9.43. The molecule has 0 aromatic rings. The van der Waals surface area contributed by atoms with Gasteiger partial charge < -0.3 is 10.2 Å². The SMILES string of the molecule is C[C@]12CC[C@H]3[C@@H](CC[C@@]4(O)CC(=O)CC[C@]34C)[C@@H]1CCC2O. The Kier molecular flexibility index (Phi) is 3.14. The summed E-state index contributed by atoms with van der Waals surface area (Å²) in [6, 6.07) is 0. The third kappa shape index (κ3) is 1.73. The standard InChI is InChI=1S/C19H30O3/c1-17-8-7-15-13(14(17)3-4-16(17)21)6-10-19(22)11-12(20)5-9-18(15,19)2/h13-16,21-22H,3-11H2,1-2H3/t13-,14-,15-,16?,17-,18+,19+/m0/s1. The van der Waals surface area contributed by atoms with Crippen LogP contribution < -0.4 is 0 Å². The van der Waals surface area contributed by atoms with Crippen LogP contribution in [-0.4, -0.2) is 27.7 Å². The maximum atomic E-state index is 11.9. The molecule has 0 aromatic heterocycles. The molecule has 0 heterocycles. The second-order valence-corrected chi connectivity index (χ2v) is 9.22. The predicted octanol–water partition coefficient (Wildman–Crippen LogP) is 3.07. The number of aliphatic hydroxyl groups excluding tert-OH is 1. The molecule has 1 unspecified atom stereocenters. The van der Waals surface area contributed by atoms with Crippen LogP contribution in [0.2, 0.25) is 0 Å². The summed E-state index contributed by atoms with van der Waals surface area (Å²) < 4.78 is 0. The number of hydrogen-bond acceptors (Lipinski definition) is 3. The lowest BCUT2D eigenvalue weighted by Gasteiger charge is -2.63. The molecule has 0 saturated heterocycles. The average Bonchev–Trinajstić information content (AvgIpc) is 2.76. The molecule has 0 radical (unpaired) electrons. The monoisotopic (exact) mass is 306 g/mol. The van der Waals surface area contributed by atoms with Crippen LogP contribution in [-0.2, 0) is 4.79 Å². The second-order valence-electron chi connectivity index (χ2n) is 9.22. The minimum Gasteiger partial charge on any atom is -0.393 e. The third-order valence-corrected chi connectivity index (χ3v) is 8.57. The van der Waals surface area contributed by atoms with E-state index in [9.17, 15) is 15.0 Å². The van der Waals surface area contributed by atoms with Gasteiger partial charge in [0.2, 0.25) is 0 Å². The molecule has 4 fully saturated rings.